The summed E-state index contributed by atoms with van der Waals surface area (Å²) in [4.78, 5) is 0. The van der Waals surface area contributed by atoms with E-state index in [0.717, 1.165) is 5.57 Å². The fourth-order valence-corrected chi connectivity index (χ4v) is 1.62. The Labute approximate surface area is 113 Å². The van der Waals surface area contributed by atoms with Crippen LogP contribution in [0.15, 0.2) is 24.3 Å². The molecule has 5 heteroatoms. The molecule has 18 heavy (non-hydrogen) atoms. The summed E-state index contributed by atoms with van der Waals surface area (Å²) in [6.45, 7) is 5.64. The van der Waals surface area contributed by atoms with Crippen molar-refractivity contribution in [2.45, 2.75) is 19.4 Å². The van der Waals surface area contributed by atoms with Gasteiger partial charge in [0, 0.05) is 17.7 Å². The number of hydrogen-bond donors (Lipinski definition) is 2. The summed E-state index contributed by atoms with van der Waals surface area (Å²) in [6.07, 6.45) is 0.547. The van der Waals surface area contributed by atoms with Crippen molar-refractivity contribution in [3.8, 4) is 17.6 Å². The molecule has 0 aliphatic heterocycles. The molecule has 1 atom stereocenters. The molecule has 1 aromatic rings. The molecule has 0 fully saturated rings. The van der Waals surface area contributed by atoms with Crippen LogP contribution in [0.1, 0.15) is 30.5 Å². The molecular formula is C13H17ClN2O2. The highest BCUT2D eigenvalue weighted by Gasteiger charge is 2.16. The Morgan fingerprint density at radius 2 is 2.22 bits per heavy atom. The molecule has 0 saturated heterocycles. The van der Waals surface area contributed by atoms with Gasteiger partial charge in [0.1, 0.15) is 0 Å². The average Bonchev–Trinajstić information content (AvgIpc) is 2.28. The highest BCUT2D eigenvalue weighted by molar-refractivity contribution is 5.85. The number of nitrogens with zero attached hydrogens (tertiary/aromatic N) is 1. The first kappa shape index (κ1) is 16.3. The summed E-state index contributed by atoms with van der Waals surface area (Å²) in [7, 11) is 1.43. The molecule has 0 unspecified atom stereocenters. The van der Waals surface area contributed by atoms with E-state index in [2.05, 4.69) is 6.58 Å². The SMILES string of the molecule is C=C(C)C[C@@H](N)c1cc(C#N)cc(OC)c1O.Cl. The normalized spacial score (nSPS) is 11.0. The Kier molecular flexibility index (Phi) is 6.24. The Morgan fingerprint density at radius 1 is 1.61 bits per heavy atom. The molecule has 1 aromatic carbocycles. The standard InChI is InChI=1S/C13H16N2O2.ClH/c1-8(2)4-11(15)10-5-9(7-14)6-12(17-3)13(10)16;/h5-6,11,16H,1,4,15H2,2-3H3;1H/t11-;/m1./s1. The predicted octanol–water partition coefficient (Wildman–Crippen LogP) is 2.66. The lowest BCUT2D eigenvalue weighted by atomic mass is 9.98. The summed E-state index contributed by atoms with van der Waals surface area (Å²) in [6, 6.07) is 4.67. The van der Waals surface area contributed by atoms with Gasteiger partial charge in [-0.1, -0.05) is 5.57 Å². The first-order valence-corrected chi connectivity index (χ1v) is 5.20. The molecule has 0 aliphatic carbocycles. The van der Waals surface area contributed by atoms with Crippen molar-refractivity contribution < 1.29 is 9.84 Å². The van der Waals surface area contributed by atoms with Crippen LogP contribution in [-0.2, 0) is 0 Å². The van der Waals surface area contributed by atoms with Gasteiger partial charge in [-0.3, -0.25) is 0 Å². The summed E-state index contributed by atoms with van der Waals surface area (Å²) in [5, 5.41) is 18.8. The Hall–Kier alpha value is -1.70. The number of methoxy groups -OCH3 is 1. The van der Waals surface area contributed by atoms with Crippen LogP contribution in [0.25, 0.3) is 0 Å². The molecule has 4 nitrogen and oxygen atoms in total. The summed E-state index contributed by atoms with van der Waals surface area (Å²) >= 11 is 0. The van der Waals surface area contributed by atoms with Crippen molar-refractivity contribution in [3.63, 3.8) is 0 Å². The zero-order valence-corrected chi connectivity index (χ0v) is 11.3. The molecule has 0 saturated carbocycles. The van der Waals surface area contributed by atoms with Gasteiger partial charge in [-0.05, 0) is 19.4 Å². The number of benzene rings is 1. The van der Waals surface area contributed by atoms with E-state index in [1.54, 1.807) is 6.07 Å². The van der Waals surface area contributed by atoms with E-state index in [1.165, 1.54) is 13.2 Å². The van der Waals surface area contributed by atoms with E-state index in [-0.39, 0.29) is 23.9 Å². The number of nitriles is 1. The topological polar surface area (TPSA) is 79.3 Å². The minimum absolute atomic E-state index is 0. The van der Waals surface area contributed by atoms with Crippen molar-refractivity contribution >= 4 is 12.4 Å². The Balaban J connectivity index is 0.00000289. The van der Waals surface area contributed by atoms with Crippen molar-refractivity contribution in [2.24, 2.45) is 5.73 Å². The molecule has 0 bridgehead atoms. The highest BCUT2D eigenvalue weighted by atomic mass is 35.5. The van der Waals surface area contributed by atoms with Crippen molar-refractivity contribution in [1.82, 2.24) is 0 Å². The first-order chi connectivity index (χ1) is 7.99. The molecule has 1 rings (SSSR count). The third-order valence-electron chi connectivity index (χ3n) is 2.42. The molecule has 0 spiro atoms. The minimum atomic E-state index is -0.394. The third kappa shape index (κ3) is 3.66. The Bertz CT molecular complexity index is 481. The second kappa shape index (κ2) is 6.90. The van der Waals surface area contributed by atoms with Gasteiger partial charge in [-0.15, -0.1) is 19.0 Å². The van der Waals surface area contributed by atoms with Gasteiger partial charge in [-0.2, -0.15) is 5.26 Å². The number of rotatable bonds is 4. The van der Waals surface area contributed by atoms with Crippen LogP contribution >= 0.6 is 12.4 Å². The molecule has 0 radical (unpaired) electrons. The molecule has 0 aromatic heterocycles. The molecule has 0 heterocycles. The van der Waals surface area contributed by atoms with E-state index in [4.69, 9.17) is 15.7 Å². The van der Waals surface area contributed by atoms with E-state index in [1.807, 2.05) is 13.0 Å². The van der Waals surface area contributed by atoms with Gasteiger partial charge in [0.05, 0.1) is 18.7 Å². The van der Waals surface area contributed by atoms with Gasteiger partial charge in [0.25, 0.3) is 0 Å². The maximum absolute atomic E-state index is 9.95. The maximum Gasteiger partial charge on any atom is 0.162 e. The number of ether oxygens (including phenoxy) is 1. The fourth-order valence-electron chi connectivity index (χ4n) is 1.62. The maximum atomic E-state index is 9.95. The van der Waals surface area contributed by atoms with E-state index < -0.39 is 6.04 Å². The number of aromatic hydroxyl groups is 1. The zero-order chi connectivity index (χ0) is 13.0. The van der Waals surface area contributed by atoms with Gasteiger partial charge >= 0.3 is 0 Å². The first-order valence-electron chi connectivity index (χ1n) is 5.20. The smallest absolute Gasteiger partial charge is 0.162 e. The monoisotopic (exact) mass is 268 g/mol. The van der Waals surface area contributed by atoms with Crippen molar-refractivity contribution in [2.75, 3.05) is 7.11 Å². The third-order valence-corrected chi connectivity index (χ3v) is 2.42. The number of hydrogen-bond acceptors (Lipinski definition) is 4. The van der Waals surface area contributed by atoms with Crippen molar-refractivity contribution in [3.05, 3.63) is 35.4 Å². The lowest BCUT2D eigenvalue weighted by Gasteiger charge is -2.16. The molecule has 98 valence electrons. The average molecular weight is 269 g/mol. The summed E-state index contributed by atoms with van der Waals surface area (Å²) in [5.41, 5.74) is 7.79. The van der Waals surface area contributed by atoms with Gasteiger partial charge in [0.15, 0.2) is 11.5 Å². The molecular weight excluding hydrogens is 252 g/mol. The number of phenols is 1. The van der Waals surface area contributed by atoms with Gasteiger partial charge in [0.2, 0.25) is 0 Å². The second-order valence-corrected chi connectivity index (χ2v) is 4.00. The van der Waals surface area contributed by atoms with E-state index in [0.29, 0.717) is 17.5 Å². The zero-order valence-electron chi connectivity index (χ0n) is 10.4. The van der Waals surface area contributed by atoms with Crippen LogP contribution in [0, 0.1) is 11.3 Å². The minimum Gasteiger partial charge on any atom is -0.504 e. The number of phenolic OH excluding ortho intramolecular Hbond substituents is 1. The number of halogens is 1. The van der Waals surface area contributed by atoms with Gasteiger partial charge < -0.3 is 15.6 Å². The lowest BCUT2D eigenvalue weighted by Crippen LogP contribution is -2.11. The van der Waals surface area contributed by atoms with Crippen LogP contribution < -0.4 is 10.5 Å². The lowest BCUT2D eigenvalue weighted by molar-refractivity contribution is 0.368. The van der Waals surface area contributed by atoms with Gasteiger partial charge in [-0.25, -0.2) is 0 Å². The van der Waals surface area contributed by atoms with E-state index in [9.17, 15) is 5.11 Å². The predicted molar refractivity (Wildman–Crippen MR) is 73.0 cm³/mol. The molecule has 0 aliphatic rings. The fraction of sp³-hybridized carbons (Fsp3) is 0.308. The largest absolute Gasteiger partial charge is 0.504 e. The van der Waals surface area contributed by atoms with E-state index >= 15 is 0 Å². The van der Waals surface area contributed by atoms with Crippen LogP contribution in [0.2, 0.25) is 0 Å². The quantitative estimate of drug-likeness (QED) is 0.823. The second-order valence-electron chi connectivity index (χ2n) is 4.00. The molecule has 3 N–H and O–H groups in total. The molecule has 0 amide bonds. The van der Waals surface area contributed by atoms with Crippen LogP contribution in [0.3, 0.4) is 0 Å². The van der Waals surface area contributed by atoms with Crippen LogP contribution in [-0.4, -0.2) is 12.2 Å². The highest BCUT2D eigenvalue weighted by Crippen LogP contribution is 2.35. The Morgan fingerprint density at radius 3 is 2.67 bits per heavy atom. The number of nitrogens with two attached hydrogens (primary N) is 1. The van der Waals surface area contributed by atoms with Crippen LogP contribution in [0.5, 0.6) is 11.5 Å². The summed E-state index contributed by atoms with van der Waals surface area (Å²) in [5.74, 6) is 0.247. The summed E-state index contributed by atoms with van der Waals surface area (Å²) < 4.78 is 5.00. The van der Waals surface area contributed by atoms with Crippen molar-refractivity contribution in [1.29, 1.82) is 5.26 Å². The van der Waals surface area contributed by atoms with Crippen LogP contribution in [0.4, 0.5) is 0 Å².